The molecule has 1 atom stereocenters. The lowest BCUT2D eigenvalue weighted by Gasteiger charge is -2.21. The minimum atomic E-state index is -0.838. The van der Waals surface area contributed by atoms with Crippen LogP contribution in [0.4, 0.5) is 10.5 Å². The highest BCUT2D eigenvalue weighted by molar-refractivity contribution is 5.86. The summed E-state index contributed by atoms with van der Waals surface area (Å²) in [6.45, 7) is 0.0984. The van der Waals surface area contributed by atoms with Crippen LogP contribution in [-0.2, 0) is 22.6 Å². The van der Waals surface area contributed by atoms with Gasteiger partial charge in [-0.15, -0.1) is 0 Å². The van der Waals surface area contributed by atoms with E-state index < -0.39 is 17.1 Å². The molecule has 0 heterocycles. The van der Waals surface area contributed by atoms with Crippen molar-refractivity contribution in [2.24, 2.45) is 0 Å². The summed E-state index contributed by atoms with van der Waals surface area (Å²) < 4.78 is 5.25. The van der Waals surface area contributed by atoms with Crippen molar-refractivity contribution in [1.29, 1.82) is 0 Å². The molecule has 0 bridgehead atoms. The van der Waals surface area contributed by atoms with E-state index in [2.05, 4.69) is 10.6 Å². The van der Waals surface area contributed by atoms with Crippen LogP contribution >= 0.6 is 0 Å². The molecule has 0 aromatic heterocycles. The van der Waals surface area contributed by atoms with E-state index in [0.717, 1.165) is 31.2 Å². The molecule has 0 spiro atoms. The van der Waals surface area contributed by atoms with Crippen molar-refractivity contribution in [3.8, 4) is 0 Å². The van der Waals surface area contributed by atoms with E-state index in [4.69, 9.17) is 4.74 Å². The lowest BCUT2D eigenvalue weighted by molar-refractivity contribution is -0.384. The summed E-state index contributed by atoms with van der Waals surface area (Å²) >= 11 is 0. The van der Waals surface area contributed by atoms with E-state index in [9.17, 15) is 19.7 Å². The van der Waals surface area contributed by atoms with Gasteiger partial charge in [0.1, 0.15) is 12.6 Å². The Labute approximate surface area is 174 Å². The maximum atomic E-state index is 12.8. The molecule has 0 unspecified atom stereocenters. The molecule has 2 aromatic rings. The molecular weight excluding hydrogens is 386 g/mol. The number of alkyl carbamates (subject to hydrolysis) is 1. The number of nitrogens with zero attached hydrogens (tertiary/aromatic N) is 1. The predicted molar refractivity (Wildman–Crippen MR) is 111 cm³/mol. The summed E-state index contributed by atoms with van der Waals surface area (Å²) in [7, 11) is 0. The fourth-order valence-electron chi connectivity index (χ4n) is 3.48. The highest BCUT2D eigenvalue weighted by Crippen LogP contribution is 2.18. The molecule has 2 amide bonds. The van der Waals surface area contributed by atoms with Gasteiger partial charge < -0.3 is 15.4 Å². The molecular formula is C22H25N3O5. The third-order valence-corrected chi connectivity index (χ3v) is 5.11. The second-order valence-electron chi connectivity index (χ2n) is 7.38. The van der Waals surface area contributed by atoms with Crippen LogP contribution in [0.25, 0.3) is 0 Å². The molecule has 1 fully saturated rings. The summed E-state index contributed by atoms with van der Waals surface area (Å²) in [6, 6.07) is 14.5. The Morgan fingerprint density at radius 1 is 1.03 bits per heavy atom. The van der Waals surface area contributed by atoms with Crippen molar-refractivity contribution < 1.29 is 19.2 Å². The Morgan fingerprint density at radius 3 is 2.33 bits per heavy atom. The van der Waals surface area contributed by atoms with Crippen LogP contribution in [0.5, 0.6) is 0 Å². The van der Waals surface area contributed by atoms with Gasteiger partial charge in [0.25, 0.3) is 5.69 Å². The maximum absolute atomic E-state index is 12.8. The Balaban J connectivity index is 1.63. The molecule has 8 heteroatoms. The molecule has 0 radical (unpaired) electrons. The summed E-state index contributed by atoms with van der Waals surface area (Å²) in [4.78, 5) is 35.5. The standard InChI is InChI=1S/C22H25N3O5/c26-21(23-18-8-4-5-9-18)20(14-16-10-12-19(13-11-16)25(28)29)24-22(27)30-15-17-6-2-1-3-7-17/h1-3,6-7,10-13,18,20H,4-5,8-9,14-15H2,(H,23,26)(H,24,27)/t20-/m1/s1. The summed E-state index contributed by atoms with van der Waals surface area (Å²) in [5, 5.41) is 16.5. The average molecular weight is 411 g/mol. The number of carbonyl (C=O) groups is 2. The van der Waals surface area contributed by atoms with Crippen molar-refractivity contribution in [2.75, 3.05) is 0 Å². The molecule has 2 aromatic carbocycles. The molecule has 158 valence electrons. The lowest BCUT2D eigenvalue weighted by atomic mass is 10.0. The van der Waals surface area contributed by atoms with Gasteiger partial charge in [-0.2, -0.15) is 0 Å². The van der Waals surface area contributed by atoms with Crippen molar-refractivity contribution in [3.05, 3.63) is 75.8 Å². The van der Waals surface area contributed by atoms with Crippen LogP contribution in [-0.4, -0.2) is 29.0 Å². The average Bonchev–Trinajstić information content (AvgIpc) is 3.26. The van der Waals surface area contributed by atoms with Crippen LogP contribution in [0.1, 0.15) is 36.8 Å². The number of benzene rings is 2. The van der Waals surface area contributed by atoms with Gasteiger partial charge in [-0.3, -0.25) is 14.9 Å². The highest BCUT2D eigenvalue weighted by atomic mass is 16.6. The van der Waals surface area contributed by atoms with E-state index in [1.807, 2.05) is 30.3 Å². The number of hydrogen-bond donors (Lipinski definition) is 2. The fourth-order valence-corrected chi connectivity index (χ4v) is 3.48. The van der Waals surface area contributed by atoms with Crippen molar-refractivity contribution >= 4 is 17.7 Å². The van der Waals surface area contributed by atoms with Gasteiger partial charge >= 0.3 is 6.09 Å². The van der Waals surface area contributed by atoms with E-state index in [0.29, 0.717) is 5.56 Å². The fraction of sp³-hybridized carbons (Fsp3) is 0.364. The number of hydrogen-bond acceptors (Lipinski definition) is 5. The first kappa shape index (κ1) is 21.3. The van der Waals surface area contributed by atoms with Gasteiger partial charge in [0.15, 0.2) is 0 Å². The van der Waals surface area contributed by atoms with Crippen LogP contribution in [0.3, 0.4) is 0 Å². The van der Waals surface area contributed by atoms with Crippen LogP contribution in [0.15, 0.2) is 54.6 Å². The van der Waals surface area contributed by atoms with E-state index in [-0.39, 0.29) is 30.7 Å². The number of nitro groups is 1. The molecule has 8 nitrogen and oxygen atoms in total. The number of amides is 2. The van der Waals surface area contributed by atoms with Gasteiger partial charge in [-0.1, -0.05) is 55.3 Å². The molecule has 0 saturated heterocycles. The zero-order valence-electron chi connectivity index (χ0n) is 16.6. The van der Waals surface area contributed by atoms with E-state index in [1.165, 1.54) is 12.1 Å². The number of carbonyl (C=O) groups excluding carboxylic acids is 2. The number of ether oxygens (including phenoxy) is 1. The van der Waals surface area contributed by atoms with Crippen molar-refractivity contribution in [3.63, 3.8) is 0 Å². The number of nitrogens with one attached hydrogen (secondary N) is 2. The van der Waals surface area contributed by atoms with Gasteiger partial charge in [-0.25, -0.2) is 4.79 Å². The maximum Gasteiger partial charge on any atom is 0.408 e. The SMILES string of the molecule is O=C(N[C@H](Cc1ccc([N+](=O)[O-])cc1)C(=O)NC1CCCC1)OCc1ccccc1. The number of rotatable bonds is 8. The quantitative estimate of drug-likeness (QED) is 0.510. The first-order chi connectivity index (χ1) is 14.5. The largest absolute Gasteiger partial charge is 0.445 e. The Kier molecular flexibility index (Phi) is 7.37. The molecule has 0 aliphatic heterocycles. The van der Waals surface area contributed by atoms with Gasteiger partial charge in [0.05, 0.1) is 4.92 Å². The zero-order chi connectivity index (χ0) is 21.3. The predicted octanol–water partition coefficient (Wildman–Crippen LogP) is 3.49. The monoisotopic (exact) mass is 411 g/mol. The van der Waals surface area contributed by atoms with E-state index in [1.54, 1.807) is 12.1 Å². The Bertz CT molecular complexity index is 864. The number of non-ortho nitro benzene ring substituents is 1. The summed E-state index contributed by atoms with van der Waals surface area (Å²) in [5.41, 5.74) is 1.52. The minimum absolute atomic E-state index is 0.0269. The minimum Gasteiger partial charge on any atom is -0.445 e. The normalized spacial score (nSPS) is 14.7. The summed E-state index contributed by atoms with van der Waals surface area (Å²) in [5.74, 6) is -0.281. The zero-order valence-corrected chi connectivity index (χ0v) is 16.6. The third kappa shape index (κ3) is 6.30. The third-order valence-electron chi connectivity index (χ3n) is 5.11. The smallest absolute Gasteiger partial charge is 0.408 e. The molecule has 1 aliphatic carbocycles. The molecule has 1 saturated carbocycles. The van der Waals surface area contributed by atoms with Crippen LogP contribution < -0.4 is 10.6 Å². The summed E-state index contributed by atoms with van der Waals surface area (Å²) in [6.07, 6.45) is 3.52. The van der Waals surface area contributed by atoms with Gasteiger partial charge in [0, 0.05) is 24.6 Å². The second-order valence-corrected chi connectivity index (χ2v) is 7.38. The number of nitro benzene ring substituents is 1. The van der Waals surface area contributed by atoms with Crippen molar-refractivity contribution in [1.82, 2.24) is 10.6 Å². The Morgan fingerprint density at radius 2 is 1.70 bits per heavy atom. The molecule has 30 heavy (non-hydrogen) atoms. The van der Waals surface area contributed by atoms with Crippen molar-refractivity contribution in [2.45, 2.75) is 50.8 Å². The van der Waals surface area contributed by atoms with Gasteiger partial charge in [0.2, 0.25) is 5.91 Å². The Hall–Kier alpha value is -3.42. The highest BCUT2D eigenvalue weighted by Gasteiger charge is 2.26. The molecule has 2 N–H and O–H groups in total. The molecule has 1 aliphatic rings. The first-order valence-electron chi connectivity index (χ1n) is 10.0. The first-order valence-corrected chi connectivity index (χ1v) is 10.0. The second kappa shape index (κ2) is 10.4. The van der Waals surface area contributed by atoms with E-state index >= 15 is 0 Å². The lowest BCUT2D eigenvalue weighted by Crippen LogP contribution is -2.50. The van der Waals surface area contributed by atoms with Crippen LogP contribution in [0.2, 0.25) is 0 Å². The topological polar surface area (TPSA) is 111 Å². The van der Waals surface area contributed by atoms with Gasteiger partial charge in [-0.05, 0) is 24.0 Å². The van der Waals surface area contributed by atoms with Crippen LogP contribution in [0, 0.1) is 10.1 Å². The molecule has 3 rings (SSSR count).